The van der Waals surface area contributed by atoms with Crippen LogP contribution >= 0.6 is 0 Å². The molecule has 0 radical (unpaired) electrons. The van der Waals surface area contributed by atoms with Crippen molar-refractivity contribution in [1.82, 2.24) is 10.2 Å². The Labute approximate surface area is 110 Å². The zero-order valence-corrected chi connectivity index (χ0v) is 10.9. The molecule has 2 heterocycles. The second kappa shape index (κ2) is 5.68. The van der Waals surface area contributed by atoms with Crippen LogP contribution in [0.1, 0.15) is 24.8 Å². The zero-order chi connectivity index (χ0) is 12.2. The Morgan fingerprint density at radius 3 is 2.83 bits per heavy atom. The van der Waals surface area contributed by atoms with E-state index in [-0.39, 0.29) is 0 Å². The maximum Gasteiger partial charge on any atom is 0.0198 e. The molecule has 0 aliphatic carbocycles. The molecule has 1 N–H and O–H groups in total. The van der Waals surface area contributed by atoms with E-state index in [1.54, 1.807) is 0 Å². The summed E-state index contributed by atoms with van der Waals surface area (Å²) in [6.45, 7) is 3.54. The van der Waals surface area contributed by atoms with Crippen LogP contribution in [0.2, 0.25) is 0 Å². The standard InChI is InChI=1S/C16H22N2/c1-2-5-14(6-3-1)7-4-11-18-12-10-15-8-9-16(13-18)17-15/h1-7,15-17H,8-13H2/b7-4+. The predicted molar refractivity (Wildman–Crippen MR) is 76.5 cm³/mol. The van der Waals surface area contributed by atoms with Crippen molar-refractivity contribution in [2.45, 2.75) is 31.3 Å². The van der Waals surface area contributed by atoms with Gasteiger partial charge in [0.25, 0.3) is 0 Å². The number of hydrogen-bond acceptors (Lipinski definition) is 2. The summed E-state index contributed by atoms with van der Waals surface area (Å²) in [4.78, 5) is 2.58. The van der Waals surface area contributed by atoms with E-state index < -0.39 is 0 Å². The minimum absolute atomic E-state index is 0.739. The van der Waals surface area contributed by atoms with E-state index in [9.17, 15) is 0 Å². The fourth-order valence-electron chi connectivity index (χ4n) is 3.08. The van der Waals surface area contributed by atoms with E-state index in [2.05, 4.69) is 52.7 Å². The van der Waals surface area contributed by atoms with E-state index in [4.69, 9.17) is 0 Å². The third kappa shape index (κ3) is 3.01. The quantitative estimate of drug-likeness (QED) is 0.876. The van der Waals surface area contributed by atoms with Gasteiger partial charge in [0, 0.05) is 31.7 Å². The van der Waals surface area contributed by atoms with Crippen molar-refractivity contribution in [2.75, 3.05) is 19.6 Å². The Morgan fingerprint density at radius 1 is 1.11 bits per heavy atom. The Bertz CT molecular complexity index is 399. The molecule has 2 aliphatic heterocycles. The molecule has 2 atom stereocenters. The highest BCUT2D eigenvalue weighted by Crippen LogP contribution is 2.20. The van der Waals surface area contributed by atoms with Gasteiger partial charge in [0.05, 0.1) is 0 Å². The normalized spacial score (nSPS) is 28.7. The summed E-state index contributed by atoms with van der Waals surface area (Å²) < 4.78 is 0. The fourth-order valence-corrected chi connectivity index (χ4v) is 3.08. The first-order chi connectivity index (χ1) is 8.90. The topological polar surface area (TPSA) is 15.3 Å². The second-order valence-electron chi connectivity index (χ2n) is 5.50. The van der Waals surface area contributed by atoms with Crippen LogP contribution in [0.4, 0.5) is 0 Å². The number of rotatable bonds is 3. The molecule has 0 spiro atoms. The Hall–Kier alpha value is -1.12. The third-order valence-corrected chi connectivity index (χ3v) is 4.08. The van der Waals surface area contributed by atoms with Gasteiger partial charge in [0.2, 0.25) is 0 Å². The Balaban J connectivity index is 1.52. The third-order valence-electron chi connectivity index (χ3n) is 4.08. The minimum Gasteiger partial charge on any atom is -0.310 e. The molecule has 18 heavy (non-hydrogen) atoms. The number of fused-ring (bicyclic) bond motifs is 2. The van der Waals surface area contributed by atoms with E-state index in [1.807, 2.05) is 0 Å². The summed E-state index contributed by atoms with van der Waals surface area (Å²) in [6.07, 6.45) is 8.60. The monoisotopic (exact) mass is 242 g/mol. The van der Waals surface area contributed by atoms with Gasteiger partial charge >= 0.3 is 0 Å². The molecule has 2 fully saturated rings. The van der Waals surface area contributed by atoms with Gasteiger partial charge in [-0.1, -0.05) is 42.5 Å². The Kier molecular flexibility index (Phi) is 3.77. The highest BCUT2D eigenvalue weighted by molar-refractivity contribution is 5.48. The van der Waals surface area contributed by atoms with Crippen LogP contribution in [0.15, 0.2) is 36.4 Å². The average Bonchev–Trinajstić information content (AvgIpc) is 2.73. The molecule has 96 valence electrons. The maximum atomic E-state index is 3.73. The lowest BCUT2D eigenvalue weighted by molar-refractivity contribution is 0.285. The zero-order valence-electron chi connectivity index (χ0n) is 10.9. The van der Waals surface area contributed by atoms with Gasteiger partial charge in [-0.2, -0.15) is 0 Å². The lowest BCUT2D eigenvalue weighted by Crippen LogP contribution is -2.35. The molecule has 2 bridgehead atoms. The number of likely N-dealkylation sites (tertiary alicyclic amines) is 1. The van der Waals surface area contributed by atoms with Crippen LogP contribution < -0.4 is 5.32 Å². The molecular weight excluding hydrogens is 220 g/mol. The summed E-state index contributed by atoms with van der Waals surface area (Å²) in [7, 11) is 0. The predicted octanol–water partition coefficient (Wildman–Crippen LogP) is 2.53. The van der Waals surface area contributed by atoms with Crippen LogP contribution in [0, 0.1) is 0 Å². The minimum atomic E-state index is 0.739. The first-order valence-corrected chi connectivity index (χ1v) is 7.10. The molecule has 0 saturated carbocycles. The van der Waals surface area contributed by atoms with Gasteiger partial charge in [-0.15, -0.1) is 0 Å². The largest absolute Gasteiger partial charge is 0.310 e. The number of nitrogens with one attached hydrogen (secondary N) is 1. The summed E-state index contributed by atoms with van der Waals surface area (Å²) in [5.41, 5.74) is 1.30. The summed E-state index contributed by atoms with van der Waals surface area (Å²) in [5, 5.41) is 3.73. The van der Waals surface area contributed by atoms with E-state index >= 15 is 0 Å². The van der Waals surface area contributed by atoms with Crippen molar-refractivity contribution in [3.05, 3.63) is 42.0 Å². The molecule has 1 aromatic carbocycles. The van der Waals surface area contributed by atoms with Crippen LogP contribution in [-0.2, 0) is 0 Å². The second-order valence-corrected chi connectivity index (χ2v) is 5.50. The number of hydrogen-bond donors (Lipinski definition) is 1. The van der Waals surface area contributed by atoms with Crippen molar-refractivity contribution >= 4 is 6.08 Å². The van der Waals surface area contributed by atoms with E-state index in [0.717, 1.165) is 18.6 Å². The summed E-state index contributed by atoms with van der Waals surface area (Å²) in [5.74, 6) is 0. The van der Waals surface area contributed by atoms with Crippen LogP contribution in [0.3, 0.4) is 0 Å². The van der Waals surface area contributed by atoms with Crippen molar-refractivity contribution < 1.29 is 0 Å². The maximum absolute atomic E-state index is 3.73. The van der Waals surface area contributed by atoms with Crippen LogP contribution in [0.5, 0.6) is 0 Å². The van der Waals surface area contributed by atoms with Gasteiger partial charge in [-0.05, 0) is 24.8 Å². The lowest BCUT2D eigenvalue weighted by atomic mass is 10.1. The van der Waals surface area contributed by atoms with Crippen molar-refractivity contribution in [3.8, 4) is 0 Å². The van der Waals surface area contributed by atoms with Gasteiger partial charge in [0.15, 0.2) is 0 Å². The van der Waals surface area contributed by atoms with Crippen molar-refractivity contribution in [3.63, 3.8) is 0 Å². The molecule has 3 rings (SSSR count). The highest BCUT2D eigenvalue weighted by atomic mass is 15.2. The molecule has 2 nitrogen and oxygen atoms in total. The number of nitrogens with zero attached hydrogens (tertiary/aromatic N) is 1. The lowest BCUT2D eigenvalue weighted by Gasteiger charge is -2.22. The van der Waals surface area contributed by atoms with Crippen LogP contribution in [0.25, 0.3) is 6.08 Å². The summed E-state index contributed by atoms with van der Waals surface area (Å²) in [6, 6.07) is 12.1. The molecule has 2 saturated heterocycles. The van der Waals surface area contributed by atoms with Gasteiger partial charge in [0.1, 0.15) is 0 Å². The molecule has 0 amide bonds. The van der Waals surface area contributed by atoms with Crippen molar-refractivity contribution in [1.29, 1.82) is 0 Å². The average molecular weight is 242 g/mol. The molecule has 2 heteroatoms. The molecule has 1 aromatic rings. The highest BCUT2D eigenvalue weighted by Gasteiger charge is 2.28. The van der Waals surface area contributed by atoms with Crippen LogP contribution in [-0.4, -0.2) is 36.6 Å². The fraction of sp³-hybridized carbons (Fsp3) is 0.500. The number of benzene rings is 1. The molecule has 2 unspecified atom stereocenters. The molecule has 2 aliphatic rings. The first kappa shape index (κ1) is 11.9. The van der Waals surface area contributed by atoms with E-state index in [1.165, 1.54) is 37.9 Å². The SMILES string of the molecule is C(=C\c1ccccc1)/CN1CCC2CCC(C1)N2. The summed E-state index contributed by atoms with van der Waals surface area (Å²) >= 11 is 0. The smallest absolute Gasteiger partial charge is 0.0198 e. The first-order valence-electron chi connectivity index (χ1n) is 7.10. The Morgan fingerprint density at radius 2 is 1.94 bits per heavy atom. The molecular formula is C16H22N2. The van der Waals surface area contributed by atoms with E-state index in [0.29, 0.717) is 0 Å². The van der Waals surface area contributed by atoms with Gasteiger partial charge < -0.3 is 5.32 Å². The molecule has 0 aromatic heterocycles. The van der Waals surface area contributed by atoms with Gasteiger partial charge in [-0.25, -0.2) is 0 Å². The van der Waals surface area contributed by atoms with Gasteiger partial charge in [-0.3, -0.25) is 4.90 Å². The van der Waals surface area contributed by atoms with Crippen molar-refractivity contribution in [2.24, 2.45) is 0 Å².